The van der Waals surface area contributed by atoms with Gasteiger partial charge in [-0.15, -0.1) is 0 Å². The second-order valence-corrected chi connectivity index (χ2v) is 7.28. The minimum absolute atomic E-state index is 0.0845. The summed E-state index contributed by atoms with van der Waals surface area (Å²) >= 11 is 0. The van der Waals surface area contributed by atoms with Crippen LogP contribution in [0.15, 0.2) is 67.0 Å². The van der Waals surface area contributed by atoms with Crippen molar-refractivity contribution in [2.24, 2.45) is 0 Å². The van der Waals surface area contributed by atoms with E-state index in [2.05, 4.69) is 9.97 Å². The molecule has 1 heterocycles. The fraction of sp³-hybridized carbons (Fsp3) is 0.167. The van der Waals surface area contributed by atoms with Crippen LogP contribution in [-0.2, 0) is 0 Å². The summed E-state index contributed by atoms with van der Waals surface area (Å²) in [6.07, 6.45) is 1.30. The average Bonchev–Trinajstić information content (AvgIpc) is 2.73. The zero-order chi connectivity index (χ0) is 22.0. The molecular weight excluding hydrogens is 392 g/mol. The van der Waals surface area contributed by atoms with Gasteiger partial charge >= 0.3 is 11.6 Å². The van der Waals surface area contributed by atoms with Crippen molar-refractivity contribution in [3.8, 4) is 11.6 Å². The molecule has 0 spiro atoms. The molecule has 0 atom stereocenters. The minimum Gasteiger partial charge on any atom is -0.434 e. The third-order valence-electron chi connectivity index (χ3n) is 4.99. The van der Waals surface area contributed by atoms with E-state index in [0.29, 0.717) is 12.3 Å². The maximum Gasteiger partial charge on any atom is 0.373 e. The second-order valence-electron chi connectivity index (χ2n) is 7.28. The highest BCUT2D eigenvalue weighted by Crippen LogP contribution is 2.40. The predicted molar refractivity (Wildman–Crippen MR) is 121 cm³/mol. The molecule has 7 nitrogen and oxygen atoms in total. The molecule has 0 amide bonds. The number of hydrogen-bond acceptors (Lipinski definition) is 6. The van der Waals surface area contributed by atoms with E-state index in [0.717, 1.165) is 27.6 Å². The molecular formula is C24H22N4O3. The van der Waals surface area contributed by atoms with E-state index in [-0.39, 0.29) is 17.4 Å². The van der Waals surface area contributed by atoms with E-state index < -0.39 is 4.92 Å². The zero-order valence-corrected chi connectivity index (χ0v) is 17.6. The SMILES string of the molecule is CCN(c1ncnc(Oc2cc(C)cc(C)c2)c1[N+](=O)[O-])c1cccc2ccccc12. The van der Waals surface area contributed by atoms with Crippen molar-refractivity contribution in [1.82, 2.24) is 9.97 Å². The van der Waals surface area contributed by atoms with E-state index in [4.69, 9.17) is 4.74 Å². The Labute approximate surface area is 180 Å². The smallest absolute Gasteiger partial charge is 0.373 e. The topological polar surface area (TPSA) is 81.4 Å². The van der Waals surface area contributed by atoms with Gasteiger partial charge in [-0.1, -0.05) is 42.5 Å². The molecule has 0 aliphatic carbocycles. The van der Waals surface area contributed by atoms with Crippen molar-refractivity contribution in [2.75, 3.05) is 11.4 Å². The number of ether oxygens (including phenoxy) is 1. The first-order valence-electron chi connectivity index (χ1n) is 9.98. The molecule has 0 saturated heterocycles. The van der Waals surface area contributed by atoms with Crippen LogP contribution in [-0.4, -0.2) is 21.4 Å². The molecule has 0 aliphatic rings. The Morgan fingerprint density at radius 1 is 1.00 bits per heavy atom. The van der Waals surface area contributed by atoms with Gasteiger partial charge in [0.05, 0.1) is 10.6 Å². The number of fused-ring (bicyclic) bond motifs is 1. The van der Waals surface area contributed by atoms with Crippen molar-refractivity contribution in [1.29, 1.82) is 0 Å². The normalized spacial score (nSPS) is 10.8. The Hall–Kier alpha value is -4.00. The standard InChI is InChI=1S/C24H22N4O3/c1-4-27(21-11-7-9-18-8-5-6-10-20(18)21)23-22(28(29)30)24(26-15-25-23)31-19-13-16(2)12-17(3)14-19/h5-15H,4H2,1-3H3. The molecule has 0 N–H and O–H groups in total. The zero-order valence-electron chi connectivity index (χ0n) is 17.6. The molecule has 4 aromatic rings. The van der Waals surface area contributed by atoms with Crippen LogP contribution in [0.2, 0.25) is 0 Å². The number of nitrogens with zero attached hydrogens (tertiary/aromatic N) is 4. The number of benzene rings is 3. The number of aromatic nitrogens is 2. The van der Waals surface area contributed by atoms with Gasteiger partial charge < -0.3 is 9.64 Å². The first kappa shape index (κ1) is 20.3. The molecule has 0 radical (unpaired) electrons. The van der Waals surface area contributed by atoms with Gasteiger partial charge in [-0.3, -0.25) is 10.1 Å². The van der Waals surface area contributed by atoms with Gasteiger partial charge in [0.1, 0.15) is 12.1 Å². The van der Waals surface area contributed by atoms with Crippen LogP contribution in [0.4, 0.5) is 17.2 Å². The van der Waals surface area contributed by atoms with Crippen LogP contribution in [0.25, 0.3) is 10.8 Å². The van der Waals surface area contributed by atoms with Crippen molar-refractivity contribution >= 4 is 28.0 Å². The maximum atomic E-state index is 12.1. The lowest BCUT2D eigenvalue weighted by molar-refractivity contribution is -0.385. The lowest BCUT2D eigenvalue weighted by Crippen LogP contribution is -2.19. The number of rotatable bonds is 6. The molecule has 7 heteroatoms. The number of hydrogen-bond donors (Lipinski definition) is 0. The monoisotopic (exact) mass is 414 g/mol. The second kappa shape index (κ2) is 8.39. The van der Waals surface area contributed by atoms with Gasteiger partial charge in [-0.05, 0) is 55.5 Å². The van der Waals surface area contributed by atoms with Gasteiger partial charge in [0.2, 0.25) is 5.82 Å². The minimum atomic E-state index is -0.485. The number of anilines is 2. The van der Waals surface area contributed by atoms with Gasteiger partial charge in [0.25, 0.3) is 0 Å². The van der Waals surface area contributed by atoms with Crippen molar-refractivity contribution in [3.05, 3.63) is 88.2 Å². The molecule has 0 fully saturated rings. The molecule has 0 bridgehead atoms. The Morgan fingerprint density at radius 2 is 1.71 bits per heavy atom. The van der Waals surface area contributed by atoms with E-state index in [9.17, 15) is 10.1 Å². The van der Waals surface area contributed by atoms with E-state index in [1.165, 1.54) is 6.33 Å². The molecule has 0 aliphatic heterocycles. The Kier molecular flexibility index (Phi) is 5.49. The third-order valence-corrected chi connectivity index (χ3v) is 4.99. The molecule has 0 unspecified atom stereocenters. The highest BCUT2D eigenvalue weighted by molar-refractivity contribution is 5.96. The summed E-state index contributed by atoms with van der Waals surface area (Å²) in [6, 6.07) is 19.4. The maximum absolute atomic E-state index is 12.1. The lowest BCUT2D eigenvalue weighted by Gasteiger charge is -2.23. The number of nitro groups is 1. The summed E-state index contributed by atoms with van der Waals surface area (Å²) in [4.78, 5) is 21.8. The lowest BCUT2D eigenvalue weighted by atomic mass is 10.1. The van der Waals surface area contributed by atoms with Crippen LogP contribution in [0.1, 0.15) is 18.1 Å². The van der Waals surface area contributed by atoms with E-state index in [1.54, 1.807) is 0 Å². The van der Waals surface area contributed by atoms with Gasteiger partial charge in [-0.25, -0.2) is 4.98 Å². The predicted octanol–water partition coefficient (Wildman–Crippen LogP) is 6.11. The Morgan fingerprint density at radius 3 is 2.42 bits per heavy atom. The van der Waals surface area contributed by atoms with Gasteiger partial charge in [-0.2, -0.15) is 4.98 Å². The Bertz CT molecular complexity index is 1250. The first-order chi connectivity index (χ1) is 15.0. The summed E-state index contributed by atoms with van der Waals surface area (Å²) in [5.41, 5.74) is 2.56. The summed E-state index contributed by atoms with van der Waals surface area (Å²) in [5, 5.41) is 14.1. The quantitative estimate of drug-likeness (QED) is 0.280. The highest BCUT2D eigenvalue weighted by Gasteiger charge is 2.29. The van der Waals surface area contributed by atoms with Crippen LogP contribution in [0, 0.1) is 24.0 Å². The third kappa shape index (κ3) is 4.02. The average molecular weight is 414 g/mol. The summed E-state index contributed by atoms with van der Waals surface area (Å²) in [5.74, 6) is 0.607. The molecule has 4 rings (SSSR count). The van der Waals surface area contributed by atoms with E-state index >= 15 is 0 Å². The summed E-state index contributed by atoms with van der Waals surface area (Å²) < 4.78 is 5.87. The Balaban J connectivity index is 1.85. The van der Waals surface area contributed by atoms with Crippen LogP contribution < -0.4 is 9.64 Å². The summed E-state index contributed by atoms with van der Waals surface area (Å²) in [6.45, 7) is 6.30. The molecule has 0 saturated carbocycles. The van der Waals surface area contributed by atoms with Crippen molar-refractivity contribution in [3.63, 3.8) is 0 Å². The van der Waals surface area contributed by atoms with Crippen LogP contribution >= 0.6 is 0 Å². The van der Waals surface area contributed by atoms with Gasteiger partial charge in [0.15, 0.2) is 0 Å². The summed E-state index contributed by atoms with van der Waals surface area (Å²) in [7, 11) is 0. The van der Waals surface area contributed by atoms with Crippen LogP contribution in [0.5, 0.6) is 11.6 Å². The van der Waals surface area contributed by atoms with Gasteiger partial charge in [0, 0.05) is 11.9 Å². The van der Waals surface area contributed by atoms with Crippen LogP contribution in [0.3, 0.4) is 0 Å². The molecule has 156 valence electrons. The molecule has 31 heavy (non-hydrogen) atoms. The van der Waals surface area contributed by atoms with Crippen molar-refractivity contribution < 1.29 is 9.66 Å². The number of aryl methyl sites for hydroxylation is 2. The van der Waals surface area contributed by atoms with E-state index in [1.807, 2.05) is 86.3 Å². The fourth-order valence-corrected chi connectivity index (χ4v) is 3.77. The molecule has 3 aromatic carbocycles. The molecule has 1 aromatic heterocycles. The largest absolute Gasteiger partial charge is 0.434 e. The fourth-order valence-electron chi connectivity index (χ4n) is 3.77. The highest BCUT2D eigenvalue weighted by atomic mass is 16.6. The van der Waals surface area contributed by atoms with Crippen molar-refractivity contribution in [2.45, 2.75) is 20.8 Å². The first-order valence-corrected chi connectivity index (χ1v) is 9.98.